The molecule has 2 aromatic heterocycles. The number of carbonyl (C=O) groups excluding carboxylic acids is 1. The van der Waals surface area contributed by atoms with E-state index in [1.807, 2.05) is 53.4 Å². The van der Waals surface area contributed by atoms with Gasteiger partial charge < -0.3 is 9.64 Å². The van der Waals surface area contributed by atoms with Gasteiger partial charge in [0.05, 0.1) is 17.1 Å². The van der Waals surface area contributed by atoms with Crippen LogP contribution in [0.25, 0.3) is 10.4 Å². The van der Waals surface area contributed by atoms with Crippen LogP contribution >= 0.6 is 22.9 Å². The first-order valence-corrected chi connectivity index (χ1v) is 12.0. The molecule has 0 bridgehead atoms. The van der Waals surface area contributed by atoms with Crippen molar-refractivity contribution in [1.29, 1.82) is 0 Å². The fourth-order valence-corrected chi connectivity index (χ4v) is 5.19. The van der Waals surface area contributed by atoms with Crippen LogP contribution in [0.5, 0.6) is 5.75 Å². The van der Waals surface area contributed by atoms with Crippen molar-refractivity contribution >= 4 is 28.8 Å². The number of nitrogens with zero attached hydrogens (tertiary/aromatic N) is 3. The number of hydrogen-bond acceptors (Lipinski definition) is 5. The molecule has 0 spiro atoms. The van der Waals surface area contributed by atoms with Gasteiger partial charge >= 0.3 is 0 Å². The molecule has 7 heteroatoms. The molecule has 4 rings (SSSR count). The number of aromatic nitrogens is 1. The highest BCUT2D eigenvalue weighted by Crippen LogP contribution is 2.34. The summed E-state index contributed by atoms with van der Waals surface area (Å²) in [4.78, 5) is 23.7. The van der Waals surface area contributed by atoms with E-state index in [2.05, 4.69) is 30.7 Å². The van der Waals surface area contributed by atoms with Crippen molar-refractivity contribution in [3.8, 4) is 16.2 Å². The van der Waals surface area contributed by atoms with Crippen LogP contribution in [0, 0.1) is 0 Å². The molecule has 0 aliphatic carbocycles. The minimum absolute atomic E-state index is 0.0296. The minimum Gasteiger partial charge on any atom is -0.490 e. The summed E-state index contributed by atoms with van der Waals surface area (Å²) in [5.41, 5.74) is 0.981. The van der Waals surface area contributed by atoms with Crippen LogP contribution in [-0.4, -0.2) is 58.5 Å². The Balaban J connectivity index is 1.54. The zero-order valence-corrected chi connectivity index (χ0v) is 20.2. The number of benzene rings is 1. The second kappa shape index (κ2) is 9.61. The quantitative estimate of drug-likeness (QED) is 0.497. The third kappa shape index (κ3) is 5.14. The van der Waals surface area contributed by atoms with E-state index in [0.717, 1.165) is 28.4 Å². The van der Waals surface area contributed by atoms with Crippen LogP contribution in [0.2, 0.25) is 5.02 Å². The predicted octanol–water partition coefficient (Wildman–Crippen LogP) is 5.47. The van der Waals surface area contributed by atoms with Crippen LogP contribution < -0.4 is 4.74 Å². The zero-order valence-electron chi connectivity index (χ0n) is 18.6. The SMILES string of the molecule is CC(C)(C)N1CCN(C(=O)c2ccc(-c3ccccc3Cl)s2)C(COc2cccnc2)C1. The number of hydrogen-bond donors (Lipinski definition) is 0. The monoisotopic (exact) mass is 469 g/mol. The topological polar surface area (TPSA) is 45.7 Å². The Hall–Kier alpha value is -2.41. The fourth-order valence-electron chi connectivity index (χ4n) is 3.90. The second-order valence-corrected chi connectivity index (χ2v) is 10.4. The van der Waals surface area contributed by atoms with E-state index in [-0.39, 0.29) is 17.5 Å². The zero-order chi connectivity index (χ0) is 22.7. The van der Waals surface area contributed by atoms with Crippen molar-refractivity contribution in [3.63, 3.8) is 0 Å². The number of halogens is 1. The van der Waals surface area contributed by atoms with E-state index >= 15 is 0 Å². The Bertz CT molecular complexity index is 1060. The van der Waals surface area contributed by atoms with Crippen molar-refractivity contribution in [3.05, 3.63) is 70.8 Å². The highest BCUT2D eigenvalue weighted by Gasteiger charge is 2.36. The van der Waals surface area contributed by atoms with Gasteiger partial charge in [-0.15, -0.1) is 11.3 Å². The molecule has 0 N–H and O–H groups in total. The molecule has 5 nitrogen and oxygen atoms in total. The summed E-state index contributed by atoms with van der Waals surface area (Å²) in [7, 11) is 0. The average molecular weight is 470 g/mol. The molecular formula is C25H28ClN3O2S. The van der Waals surface area contributed by atoms with E-state index in [9.17, 15) is 4.79 Å². The van der Waals surface area contributed by atoms with Gasteiger partial charge in [-0.2, -0.15) is 0 Å². The van der Waals surface area contributed by atoms with E-state index in [1.165, 1.54) is 11.3 Å². The Morgan fingerprint density at radius 3 is 2.69 bits per heavy atom. The second-order valence-electron chi connectivity index (χ2n) is 8.91. The van der Waals surface area contributed by atoms with Gasteiger partial charge in [-0.05, 0) is 51.1 Å². The van der Waals surface area contributed by atoms with E-state index in [1.54, 1.807) is 12.4 Å². The molecule has 1 aliphatic rings. The highest BCUT2D eigenvalue weighted by molar-refractivity contribution is 7.17. The Morgan fingerprint density at radius 2 is 1.97 bits per heavy atom. The molecule has 168 valence electrons. The molecule has 3 heterocycles. The van der Waals surface area contributed by atoms with Crippen molar-refractivity contribution in [2.45, 2.75) is 32.4 Å². The van der Waals surface area contributed by atoms with Crippen LogP contribution in [0.1, 0.15) is 30.4 Å². The third-order valence-electron chi connectivity index (χ3n) is 5.73. The number of thiophene rings is 1. The maximum absolute atomic E-state index is 13.5. The molecule has 3 aromatic rings. The minimum atomic E-state index is -0.0541. The van der Waals surface area contributed by atoms with Gasteiger partial charge in [0.2, 0.25) is 0 Å². The largest absolute Gasteiger partial charge is 0.490 e. The van der Waals surface area contributed by atoms with Crippen molar-refractivity contribution in [2.75, 3.05) is 26.2 Å². The molecular weight excluding hydrogens is 442 g/mol. The number of rotatable bonds is 5. The smallest absolute Gasteiger partial charge is 0.264 e. The number of pyridine rings is 1. The summed E-state index contributed by atoms with van der Waals surface area (Å²) in [6.07, 6.45) is 3.42. The first-order valence-electron chi connectivity index (χ1n) is 10.8. The van der Waals surface area contributed by atoms with Crippen LogP contribution in [0.3, 0.4) is 0 Å². The Labute approximate surface area is 198 Å². The summed E-state index contributed by atoms with van der Waals surface area (Å²) in [6, 6.07) is 15.3. The highest BCUT2D eigenvalue weighted by atomic mass is 35.5. The maximum atomic E-state index is 13.5. The molecule has 1 amide bonds. The van der Waals surface area contributed by atoms with Crippen LogP contribution in [-0.2, 0) is 0 Å². The average Bonchev–Trinajstić information content (AvgIpc) is 3.27. The molecule has 32 heavy (non-hydrogen) atoms. The summed E-state index contributed by atoms with van der Waals surface area (Å²) >= 11 is 7.85. The summed E-state index contributed by atoms with van der Waals surface area (Å²) < 4.78 is 6.02. The standard InChI is InChI=1S/C25H28ClN3O2S/c1-25(2,3)28-13-14-29(18(16-28)17-31-19-7-6-12-27-15-19)24(30)23-11-10-22(32-23)20-8-4-5-9-21(20)26/h4-12,15,18H,13-14,16-17H2,1-3H3. The molecule has 0 radical (unpaired) electrons. The lowest BCUT2D eigenvalue weighted by atomic mass is 10.0. The maximum Gasteiger partial charge on any atom is 0.264 e. The fraction of sp³-hybridized carbons (Fsp3) is 0.360. The van der Waals surface area contributed by atoms with Gasteiger partial charge in [0.1, 0.15) is 12.4 Å². The van der Waals surface area contributed by atoms with Gasteiger partial charge in [-0.3, -0.25) is 14.7 Å². The molecule has 1 atom stereocenters. The molecule has 1 aliphatic heterocycles. The first kappa shape index (κ1) is 22.8. The van der Waals surface area contributed by atoms with E-state index in [4.69, 9.17) is 16.3 Å². The van der Waals surface area contributed by atoms with Gasteiger partial charge in [-0.25, -0.2) is 0 Å². The van der Waals surface area contributed by atoms with Gasteiger partial charge in [0.25, 0.3) is 5.91 Å². The van der Waals surface area contributed by atoms with Crippen molar-refractivity contribution in [2.24, 2.45) is 0 Å². The van der Waals surface area contributed by atoms with Crippen molar-refractivity contribution in [1.82, 2.24) is 14.8 Å². The van der Waals surface area contributed by atoms with Gasteiger partial charge in [0, 0.05) is 46.8 Å². The lowest BCUT2D eigenvalue weighted by Crippen LogP contribution is -2.61. The third-order valence-corrected chi connectivity index (χ3v) is 7.16. The number of amides is 1. The Kier molecular flexibility index (Phi) is 6.84. The lowest BCUT2D eigenvalue weighted by molar-refractivity contribution is 0.00740. The van der Waals surface area contributed by atoms with E-state index in [0.29, 0.717) is 23.9 Å². The lowest BCUT2D eigenvalue weighted by Gasteiger charge is -2.46. The molecule has 1 fully saturated rings. The summed E-state index contributed by atoms with van der Waals surface area (Å²) in [5.74, 6) is 0.756. The van der Waals surface area contributed by atoms with Crippen LogP contribution in [0.15, 0.2) is 60.9 Å². The number of ether oxygens (including phenoxy) is 1. The van der Waals surface area contributed by atoms with Gasteiger partial charge in [0.15, 0.2) is 0 Å². The molecule has 1 aromatic carbocycles. The normalized spacial score (nSPS) is 17.4. The molecule has 1 unspecified atom stereocenters. The Morgan fingerprint density at radius 1 is 1.16 bits per heavy atom. The van der Waals surface area contributed by atoms with Gasteiger partial charge in [-0.1, -0.05) is 29.8 Å². The summed E-state index contributed by atoms with van der Waals surface area (Å²) in [6.45, 7) is 9.30. The molecule has 0 saturated carbocycles. The molecule has 1 saturated heterocycles. The first-order chi connectivity index (χ1) is 15.3. The summed E-state index contributed by atoms with van der Waals surface area (Å²) in [5, 5.41) is 0.690. The number of carbonyl (C=O) groups is 1. The predicted molar refractivity (Wildman–Crippen MR) is 131 cm³/mol. The van der Waals surface area contributed by atoms with E-state index < -0.39 is 0 Å². The van der Waals surface area contributed by atoms with Crippen LogP contribution in [0.4, 0.5) is 0 Å². The van der Waals surface area contributed by atoms with Crippen molar-refractivity contribution < 1.29 is 9.53 Å². The number of piperazine rings is 1.